The highest BCUT2D eigenvalue weighted by Gasteiger charge is 2.17. The predicted molar refractivity (Wildman–Crippen MR) is 87.4 cm³/mol. The second kappa shape index (κ2) is 7.90. The van der Waals surface area contributed by atoms with Crippen LogP contribution in [0, 0.1) is 11.6 Å². The summed E-state index contributed by atoms with van der Waals surface area (Å²) in [6.45, 7) is 6.07. The minimum Gasteiger partial charge on any atom is -0.332 e. The largest absolute Gasteiger partial charge is 0.332 e. The molecule has 0 spiro atoms. The summed E-state index contributed by atoms with van der Waals surface area (Å²) >= 11 is 0. The molecule has 0 saturated heterocycles. The predicted octanol–water partition coefficient (Wildman–Crippen LogP) is 3.69. The Bertz CT molecular complexity index is 700. The summed E-state index contributed by atoms with van der Waals surface area (Å²) in [5.41, 5.74) is 0.862. The number of hydrogen-bond donors (Lipinski definition) is 2. The number of carbonyl (C=O) groups is 1. The molecule has 0 unspecified atom stereocenters. The van der Waals surface area contributed by atoms with Gasteiger partial charge in [-0.05, 0) is 44.5 Å². The van der Waals surface area contributed by atoms with Crippen molar-refractivity contribution in [2.45, 2.75) is 45.8 Å². The molecule has 1 aromatic heterocycles. The quantitative estimate of drug-likeness (QED) is 0.845. The molecule has 0 saturated carbocycles. The summed E-state index contributed by atoms with van der Waals surface area (Å²) in [6.07, 6.45) is 2.28. The third-order valence-corrected chi connectivity index (χ3v) is 3.67. The maximum absolute atomic E-state index is 13.8. The fourth-order valence-electron chi connectivity index (χ4n) is 2.32. The minimum atomic E-state index is -0.603. The molecule has 1 aromatic carbocycles. The number of amides is 2. The van der Waals surface area contributed by atoms with Crippen LogP contribution in [0.2, 0.25) is 0 Å². The molecule has 0 aliphatic rings. The lowest BCUT2D eigenvalue weighted by atomic mass is 10.0. The number of hydrogen-bond acceptors (Lipinski definition) is 2. The Morgan fingerprint density at radius 1 is 1.29 bits per heavy atom. The van der Waals surface area contributed by atoms with Crippen LogP contribution >= 0.6 is 0 Å². The number of rotatable bonds is 6. The molecule has 2 rings (SSSR count). The van der Waals surface area contributed by atoms with Crippen molar-refractivity contribution in [3.63, 3.8) is 0 Å². The van der Waals surface area contributed by atoms with Gasteiger partial charge in [0.25, 0.3) is 0 Å². The van der Waals surface area contributed by atoms with E-state index in [4.69, 9.17) is 0 Å². The lowest BCUT2D eigenvalue weighted by Crippen LogP contribution is -2.37. The smallest absolute Gasteiger partial charge is 0.315 e. The van der Waals surface area contributed by atoms with Gasteiger partial charge in [-0.1, -0.05) is 6.92 Å². The Balaban J connectivity index is 1.95. The van der Waals surface area contributed by atoms with Crippen LogP contribution in [0.15, 0.2) is 30.5 Å². The second-order valence-corrected chi connectivity index (χ2v) is 5.83. The lowest BCUT2D eigenvalue weighted by molar-refractivity contribution is 0.236. The van der Waals surface area contributed by atoms with Gasteiger partial charge in [-0.2, -0.15) is 5.10 Å². The van der Waals surface area contributed by atoms with Gasteiger partial charge in [0.2, 0.25) is 0 Å². The number of nitrogens with one attached hydrogen (secondary N) is 2. The first-order valence-electron chi connectivity index (χ1n) is 7.94. The summed E-state index contributed by atoms with van der Waals surface area (Å²) in [7, 11) is 0. The van der Waals surface area contributed by atoms with Gasteiger partial charge in [0.15, 0.2) is 0 Å². The molecule has 0 bridgehead atoms. The van der Waals surface area contributed by atoms with Crippen molar-refractivity contribution in [3.8, 4) is 0 Å². The Labute approximate surface area is 140 Å². The molecule has 0 radical (unpaired) electrons. The summed E-state index contributed by atoms with van der Waals surface area (Å²) in [6, 6.07) is 4.23. The van der Waals surface area contributed by atoms with Gasteiger partial charge in [0, 0.05) is 17.8 Å². The van der Waals surface area contributed by atoms with Crippen LogP contribution in [0.3, 0.4) is 0 Å². The van der Waals surface area contributed by atoms with Crippen molar-refractivity contribution in [3.05, 3.63) is 53.4 Å². The summed E-state index contributed by atoms with van der Waals surface area (Å²) in [5, 5.41) is 9.67. The van der Waals surface area contributed by atoms with Gasteiger partial charge in [0.05, 0.1) is 18.3 Å². The Hall–Kier alpha value is -2.44. The Kier molecular flexibility index (Phi) is 5.89. The standard InChI is InChI=1S/C17H22F2N4O/c1-4-16(14-9-12(18)5-6-15(14)19)21-17(24)20-10-13-7-8-23(22-13)11(2)3/h5-9,11,16H,4,10H2,1-3H3,(H2,20,21,24)/t16-/m0/s1. The van der Waals surface area contributed by atoms with E-state index >= 15 is 0 Å². The van der Waals surface area contributed by atoms with Crippen molar-refractivity contribution < 1.29 is 13.6 Å². The minimum absolute atomic E-state index is 0.136. The normalized spacial score (nSPS) is 12.2. The Morgan fingerprint density at radius 2 is 2.04 bits per heavy atom. The first-order valence-corrected chi connectivity index (χ1v) is 7.94. The molecule has 130 valence electrons. The second-order valence-electron chi connectivity index (χ2n) is 5.83. The third kappa shape index (κ3) is 4.53. The van der Waals surface area contributed by atoms with E-state index < -0.39 is 23.7 Å². The van der Waals surface area contributed by atoms with Crippen molar-refractivity contribution in [2.75, 3.05) is 0 Å². The van der Waals surface area contributed by atoms with Crippen LogP contribution in [-0.4, -0.2) is 15.8 Å². The number of carbonyl (C=O) groups excluding carboxylic acids is 1. The maximum atomic E-state index is 13.8. The molecule has 7 heteroatoms. The maximum Gasteiger partial charge on any atom is 0.315 e. The number of urea groups is 1. The molecule has 5 nitrogen and oxygen atoms in total. The highest BCUT2D eigenvalue weighted by atomic mass is 19.1. The van der Waals surface area contributed by atoms with Crippen LogP contribution in [0.1, 0.15) is 50.5 Å². The molecule has 0 fully saturated rings. The lowest BCUT2D eigenvalue weighted by Gasteiger charge is -2.18. The molecular formula is C17H22F2N4O. The molecular weight excluding hydrogens is 314 g/mol. The van der Waals surface area contributed by atoms with E-state index in [2.05, 4.69) is 15.7 Å². The topological polar surface area (TPSA) is 59.0 Å². The van der Waals surface area contributed by atoms with Gasteiger partial charge >= 0.3 is 6.03 Å². The van der Waals surface area contributed by atoms with Crippen molar-refractivity contribution in [2.24, 2.45) is 0 Å². The number of benzene rings is 1. The van der Waals surface area contributed by atoms with Gasteiger partial charge < -0.3 is 10.6 Å². The van der Waals surface area contributed by atoms with Gasteiger partial charge in [-0.25, -0.2) is 13.6 Å². The first kappa shape index (κ1) is 17.9. The monoisotopic (exact) mass is 336 g/mol. The van der Waals surface area contributed by atoms with E-state index in [0.717, 1.165) is 23.9 Å². The van der Waals surface area contributed by atoms with E-state index in [9.17, 15) is 13.6 Å². The van der Waals surface area contributed by atoms with Crippen molar-refractivity contribution >= 4 is 6.03 Å². The van der Waals surface area contributed by atoms with E-state index in [1.807, 2.05) is 26.1 Å². The fourth-order valence-corrected chi connectivity index (χ4v) is 2.32. The summed E-state index contributed by atoms with van der Waals surface area (Å²) in [5.74, 6) is -1.08. The summed E-state index contributed by atoms with van der Waals surface area (Å²) in [4.78, 5) is 12.0. The molecule has 2 N–H and O–H groups in total. The first-order chi connectivity index (χ1) is 11.4. The average molecular weight is 336 g/mol. The van der Waals surface area contributed by atoms with Crippen LogP contribution in [0.4, 0.5) is 13.6 Å². The molecule has 24 heavy (non-hydrogen) atoms. The van der Waals surface area contributed by atoms with Crippen LogP contribution in [-0.2, 0) is 6.54 Å². The molecule has 1 atom stereocenters. The number of halogens is 2. The van der Waals surface area contributed by atoms with Crippen LogP contribution in [0.25, 0.3) is 0 Å². The SMILES string of the molecule is CC[C@H](NC(=O)NCc1ccn(C(C)C)n1)c1cc(F)ccc1F. The van der Waals surface area contributed by atoms with E-state index in [-0.39, 0.29) is 18.2 Å². The zero-order valence-electron chi connectivity index (χ0n) is 14.0. The molecule has 0 aliphatic heterocycles. The number of aromatic nitrogens is 2. The highest BCUT2D eigenvalue weighted by Crippen LogP contribution is 2.21. The fraction of sp³-hybridized carbons (Fsp3) is 0.412. The number of nitrogens with zero attached hydrogens (tertiary/aromatic N) is 2. The van der Waals surface area contributed by atoms with Crippen LogP contribution in [0.5, 0.6) is 0 Å². The molecule has 2 aromatic rings. The van der Waals surface area contributed by atoms with Crippen LogP contribution < -0.4 is 10.6 Å². The van der Waals surface area contributed by atoms with Crippen molar-refractivity contribution in [1.29, 1.82) is 0 Å². The van der Waals surface area contributed by atoms with Crippen molar-refractivity contribution in [1.82, 2.24) is 20.4 Å². The Morgan fingerprint density at radius 3 is 2.67 bits per heavy atom. The van der Waals surface area contributed by atoms with Gasteiger partial charge in [-0.15, -0.1) is 0 Å². The molecule has 1 heterocycles. The van der Waals surface area contributed by atoms with Gasteiger partial charge in [0.1, 0.15) is 11.6 Å². The van der Waals surface area contributed by atoms with E-state index in [1.54, 1.807) is 11.6 Å². The van der Waals surface area contributed by atoms with Gasteiger partial charge in [-0.3, -0.25) is 4.68 Å². The average Bonchev–Trinajstić information content (AvgIpc) is 3.02. The zero-order chi connectivity index (χ0) is 17.7. The molecule has 2 amide bonds. The van der Waals surface area contributed by atoms with E-state index in [0.29, 0.717) is 6.42 Å². The summed E-state index contributed by atoms with van der Waals surface area (Å²) < 4.78 is 28.9. The zero-order valence-corrected chi connectivity index (χ0v) is 14.0. The van der Waals surface area contributed by atoms with E-state index in [1.165, 1.54) is 0 Å². The highest BCUT2D eigenvalue weighted by molar-refractivity contribution is 5.74. The third-order valence-electron chi connectivity index (χ3n) is 3.67. The molecule has 0 aliphatic carbocycles.